The van der Waals surface area contributed by atoms with Crippen molar-refractivity contribution in [2.45, 2.75) is 45.7 Å². The molecule has 1 aliphatic carbocycles. The normalized spacial score (nSPS) is 13.3. The molecule has 0 bridgehead atoms. The fourth-order valence-corrected chi connectivity index (χ4v) is 3.87. The topological polar surface area (TPSA) is 128 Å². The quantitative estimate of drug-likeness (QED) is 0.322. The molecule has 3 heterocycles. The zero-order valence-electron chi connectivity index (χ0n) is 19.6. The first-order valence-electron chi connectivity index (χ1n) is 11.3. The molecule has 0 atom stereocenters. The molecule has 10 nitrogen and oxygen atoms in total. The molecular weight excluding hydrogens is 466 g/mol. The van der Waals surface area contributed by atoms with Crippen molar-refractivity contribution in [2.75, 3.05) is 0 Å². The maximum Gasteiger partial charge on any atom is 0.207 e. The second kappa shape index (κ2) is 11.0. The summed E-state index contributed by atoms with van der Waals surface area (Å²) in [7, 11) is 0. The van der Waals surface area contributed by atoms with E-state index in [-0.39, 0.29) is 0 Å². The predicted molar refractivity (Wildman–Crippen MR) is 134 cm³/mol. The SMILES string of the molecule is C/C(N)=C/NCc1cn2cc(C3CC3)ccc2n1.Cc1c(Cl)ccc(-n2cnnn2)c1CNC=O. The van der Waals surface area contributed by atoms with E-state index in [2.05, 4.69) is 60.1 Å². The lowest BCUT2D eigenvalue weighted by atomic mass is 10.1. The van der Waals surface area contributed by atoms with Gasteiger partial charge in [-0.1, -0.05) is 17.7 Å². The van der Waals surface area contributed by atoms with E-state index < -0.39 is 0 Å². The molecule has 0 spiro atoms. The van der Waals surface area contributed by atoms with Gasteiger partial charge < -0.3 is 20.8 Å². The van der Waals surface area contributed by atoms with Crippen LogP contribution in [0.15, 0.2) is 54.9 Å². The predicted octanol–water partition coefficient (Wildman–Crippen LogP) is 2.99. The van der Waals surface area contributed by atoms with E-state index in [9.17, 15) is 4.79 Å². The monoisotopic (exact) mass is 493 g/mol. The molecule has 4 aromatic rings. The van der Waals surface area contributed by atoms with E-state index in [1.807, 2.05) is 19.9 Å². The van der Waals surface area contributed by atoms with E-state index in [4.69, 9.17) is 17.3 Å². The number of amides is 1. The zero-order chi connectivity index (χ0) is 24.8. The Kier molecular flexibility index (Phi) is 7.61. The van der Waals surface area contributed by atoms with Crippen LogP contribution in [0.4, 0.5) is 0 Å². The van der Waals surface area contributed by atoms with Gasteiger partial charge in [0.1, 0.15) is 12.0 Å². The molecule has 0 unspecified atom stereocenters. The molecule has 1 aromatic carbocycles. The third-order valence-corrected chi connectivity index (χ3v) is 6.06. The van der Waals surface area contributed by atoms with Gasteiger partial charge in [-0.15, -0.1) is 5.10 Å². The Balaban J connectivity index is 0.000000165. The largest absolute Gasteiger partial charge is 0.401 e. The smallest absolute Gasteiger partial charge is 0.207 e. The van der Waals surface area contributed by atoms with Crippen molar-refractivity contribution in [3.63, 3.8) is 0 Å². The lowest BCUT2D eigenvalue weighted by molar-refractivity contribution is -0.109. The number of carbonyl (C=O) groups is 1. The molecule has 1 amide bonds. The van der Waals surface area contributed by atoms with E-state index in [1.165, 1.54) is 29.4 Å². The number of hydrogen-bond donors (Lipinski definition) is 3. The van der Waals surface area contributed by atoms with Crippen molar-refractivity contribution in [1.82, 2.24) is 40.2 Å². The highest BCUT2D eigenvalue weighted by molar-refractivity contribution is 6.31. The molecule has 1 aliphatic rings. The molecule has 0 aliphatic heterocycles. The number of benzene rings is 1. The van der Waals surface area contributed by atoms with Crippen LogP contribution in [0.25, 0.3) is 11.3 Å². The summed E-state index contributed by atoms with van der Waals surface area (Å²) in [5.74, 6) is 0.779. The van der Waals surface area contributed by atoms with Crippen molar-refractivity contribution >= 4 is 23.7 Å². The summed E-state index contributed by atoms with van der Waals surface area (Å²) < 4.78 is 3.65. The maximum absolute atomic E-state index is 10.4. The molecule has 0 saturated heterocycles. The number of halogens is 1. The first-order chi connectivity index (χ1) is 17.0. The minimum Gasteiger partial charge on any atom is -0.401 e. The van der Waals surface area contributed by atoms with Crippen LogP contribution in [-0.2, 0) is 17.9 Å². The molecule has 182 valence electrons. The zero-order valence-corrected chi connectivity index (χ0v) is 20.4. The fourth-order valence-electron chi connectivity index (χ4n) is 3.69. The Morgan fingerprint density at radius 1 is 1.20 bits per heavy atom. The van der Waals surface area contributed by atoms with Gasteiger partial charge in [-0.3, -0.25) is 4.79 Å². The highest BCUT2D eigenvalue weighted by Crippen LogP contribution is 2.39. The number of allylic oxidation sites excluding steroid dienone is 1. The van der Waals surface area contributed by atoms with Crippen LogP contribution in [0.5, 0.6) is 0 Å². The minimum atomic E-state index is 0.380. The molecule has 35 heavy (non-hydrogen) atoms. The number of tetrazole rings is 1. The van der Waals surface area contributed by atoms with Gasteiger partial charge in [0.15, 0.2) is 0 Å². The Hall–Kier alpha value is -3.92. The van der Waals surface area contributed by atoms with E-state index in [0.717, 1.165) is 39.8 Å². The first-order valence-corrected chi connectivity index (χ1v) is 11.7. The average Bonchev–Trinajstić information content (AvgIpc) is 3.39. The van der Waals surface area contributed by atoms with E-state index in [0.29, 0.717) is 24.5 Å². The summed E-state index contributed by atoms with van der Waals surface area (Å²) in [5, 5.41) is 17.4. The lowest BCUT2D eigenvalue weighted by Crippen LogP contribution is -2.14. The van der Waals surface area contributed by atoms with Gasteiger partial charge in [-0.05, 0) is 72.4 Å². The Morgan fingerprint density at radius 2 is 2.03 bits per heavy atom. The molecule has 1 saturated carbocycles. The van der Waals surface area contributed by atoms with Crippen LogP contribution in [0.3, 0.4) is 0 Å². The number of hydrogen-bond acceptors (Lipinski definition) is 7. The number of pyridine rings is 1. The van der Waals surface area contributed by atoms with E-state index in [1.54, 1.807) is 12.3 Å². The van der Waals surface area contributed by atoms with Crippen molar-refractivity contribution in [2.24, 2.45) is 5.73 Å². The number of carbonyl (C=O) groups excluding carboxylic acids is 1. The molecule has 4 N–H and O–H groups in total. The maximum atomic E-state index is 10.4. The summed E-state index contributed by atoms with van der Waals surface area (Å²) in [6.07, 6.45) is 10.9. The van der Waals surface area contributed by atoms with Gasteiger partial charge in [-0.2, -0.15) is 0 Å². The highest BCUT2D eigenvalue weighted by Gasteiger charge is 2.23. The third-order valence-electron chi connectivity index (χ3n) is 5.65. The van der Waals surface area contributed by atoms with Crippen LogP contribution in [0.2, 0.25) is 5.02 Å². The van der Waals surface area contributed by atoms with Gasteiger partial charge in [0.05, 0.1) is 17.9 Å². The lowest BCUT2D eigenvalue weighted by Gasteiger charge is -2.12. The Morgan fingerprint density at radius 3 is 2.71 bits per heavy atom. The van der Waals surface area contributed by atoms with Crippen LogP contribution < -0.4 is 16.4 Å². The molecule has 11 heteroatoms. The van der Waals surface area contributed by atoms with Crippen LogP contribution in [0, 0.1) is 6.92 Å². The number of nitrogens with two attached hydrogens (primary N) is 1. The summed E-state index contributed by atoms with van der Waals surface area (Å²) in [5.41, 5.74) is 12.4. The fraction of sp³-hybridized carbons (Fsp3) is 0.292. The van der Waals surface area contributed by atoms with Crippen LogP contribution in [0.1, 0.15) is 48.1 Å². The molecule has 5 rings (SSSR count). The number of nitrogens with one attached hydrogen (secondary N) is 2. The van der Waals surface area contributed by atoms with Crippen LogP contribution >= 0.6 is 11.6 Å². The van der Waals surface area contributed by atoms with Gasteiger partial charge in [0.25, 0.3) is 0 Å². The molecule has 0 radical (unpaired) electrons. The average molecular weight is 494 g/mol. The van der Waals surface area contributed by atoms with Crippen LogP contribution in [-0.4, -0.2) is 36.0 Å². The standard InChI is InChI=1S/C14H18N4.C10H10ClN5O/c1-10(15)6-16-7-13-9-18-8-12(11-2-3-11)4-5-14(18)17-13;1-7-8(4-12-6-17)10(3-2-9(7)11)16-5-13-14-15-16/h4-6,8-9,11,16H,2-3,7,15H2,1H3;2-3,5-6H,4H2,1H3,(H,12,17)/b10-6-;. The van der Waals surface area contributed by atoms with Crippen molar-refractivity contribution in [3.05, 3.63) is 82.3 Å². The number of nitrogens with zero attached hydrogens (tertiary/aromatic N) is 6. The number of aromatic nitrogens is 6. The number of imidazole rings is 1. The van der Waals surface area contributed by atoms with Gasteiger partial charge >= 0.3 is 0 Å². The van der Waals surface area contributed by atoms with Crippen molar-refractivity contribution in [3.8, 4) is 5.69 Å². The van der Waals surface area contributed by atoms with Crippen molar-refractivity contribution in [1.29, 1.82) is 0 Å². The minimum absolute atomic E-state index is 0.380. The molecule has 3 aromatic heterocycles. The third kappa shape index (κ3) is 6.15. The summed E-state index contributed by atoms with van der Waals surface area (Å²) >= 11 is 6.05. The van der Waals surface area contributed by atoms with Gasteiger partial charge in [-0.25, -0.2) is 9.67 Å². The van der Waals surface area contributed by atoms with Crippen molar-refractivity contribution < 1.29 is 4.79 Å². The highest BCUT2D eigenvalue weighted by atomic mass is 35.5. The van der Waals surface area contributed by atoms with Gasteiger partial charge in [0, 0.05) is 41.4 Å². The number of rotatable bonds is 8. The molecule has 1 fully saturated rings. The summed E-state index contributed by atoms with van der Waals surface area (Å²) in [4.78, 5) is 14.9. The van der Waals surface area contributed by atoms with Gasteiger partial charge in [0.2, 0.25) is 6.41 Å². The second-order valence-corrected chi connectivity index (χ2v) is 8.83. The summed E-state index contributed by atoms with van der Waals surface area (Å²) in [6, 6.07) is 7.88. The molecular formula is C24H28ClN9O. The Labute approximate surface area is 208 Å². The summed E-state index contributed by atoms with van der Waals surface area (Å²) in [6.45, 7) is 4.83. The second-order valence-electron chi connectivity index (χ2n) is 8.43. The first kappa shape index (κ1) is 24.2. The Bertz CT molecular complexity index is 1320. The van der Waals surface area contributed by atoms with E-state index >= 15 is 0 Å². The number of fused-ring (bicyclic) bond motifs is 1.